The van der Waals surface area contributed by atoms with Crippen molar-refractivity contribution in [1.29, 1.82) is 0 Å². The molecular formula is C24H27ClF3N3O. The van der Waals surface area contributed by atoms with Crippen LogP contribution in [0, 0.1) is 5.92 Å². The number of hydrogen-bond donors (Lipinski definition) is 1. The second kappa shape index (κ2) is 8.85. The molecular weight excluding hydrogens is 439 g/mol. The van der Waals surface area contributed by atoms with E-state index in [0.717, 1.165) is 23.9 Å². The van der Waals surface area contributed by atoms with E-state index in [9.17, 15) is 18.0 Å². The lowest BCUT2D eigenvalue weighted by Gasteiger charge is -2.50. The van der Waals surface area contributed by atoms with Gasteiger partial charge in [0.05, 0.1) is 17.5 Å². The Morgan fingerprint density at radius 2 is 1.91 bits per heavy atom. The molecule has 1 saturated heterocycles. The number of rotatable bonds is 4. The Kier molecular flexibility index (Phi) is 6.30. The lowest BCUT2D eigenvalue weighted by atomic mass is 9.82. The van der Waals surface area contributed by atoms with Crippen molar-refractivity contribution < 1.29 is 18.0 Å². The van der Waals surface area contributed by atoms with Crippen LogP contribution in [0.2, 0.25) is 5.02 Å². The van der Waals surface area contributed by atoms with E-state index in [0.29, 0.717) is 30.2 Å². The minimum Gasteiger partial charge on any atom is -0.368 e. The number of benzene rings is 2. The smallest absolute Gasteiger partial charge is 0.368 e. The first-order valence-electron chi connectivity index (χ1n) is 10.9. The maximum Gasteiger partial charge on any atom is 0.416 e. The second-order valence-electron chi connectivity index (χ2n) is 8.65. The molecule has 1 fully saturated rings. The number of fused-ring (bicyclic) bond motifs is 3. The molecule has 0 bridgehead atoms. The van der Waals surface area contributed by atoms with E-state index in [-0.39, 0.29) is 24.4 Å². The number of anilines is 2. The average molecular weight is 466 g/mol. The largest absolute Gasteiger partial charge is 0.416 e. The van der Waals surface area contributed by atoms with E-state index < -0.39 is 17.7 Å². The molecule has 2 aliphatic heterocycles. The number of piperazine rings is 1. The van der Waals surface area contributed by atoms with Crippen LogP contribution in [0.3, 0.4) is 0 Å². The number of nitrogens with zero attached hydrogens (tertiary/aromatic N) is 2. The van der Waals surface area contributed by atoms with E-state index in [1.165, 1.54) is 6.07 Å². The molecule has 1 amide bonds. The molecule has 172 valence electrons. The van der Waals surface area contributed by atoms with Crippen LogP contribution in [0.25, 0.3) is 0 Å². The number of amides is 1. The van der Waals surface area contributed by atoms with Crippen molar-refractivity contribution in [2.24, 2.45) is 5.92 Å². The standard InChI is InChI=1S/C24H27ClF3N3O/c1-3-15(2)29-23(32)20-13-16-12-17(24(26,27)28)4-9-21(16)31-11-10-30(14-22(20)31)19-7-5-18(25)6-8-19/h4-9,12,15,20,22H,3,10-11,13-14H2,1-2H3,(H,29,32)/t15-,20+,22-/m1/s1. The molecule has 8 heteroatoms. The highest BCUT2D eigenvalue weighted by Crippen LogP contribution is 2.40. The summed E-state index contributed by atoms with van der Waals surface area (Å²) in [6, 6.07) is 11.4. The predicted molar refractivity (Wildman–Crippen MR) is 121 cm³/mol. The normalized spacial score (nSPS) is 21.6. The van der Waals surface area contributed by atoms with Gasteiger partial charge in [0.2, 0.25) is 5.91 Å². The van der Waals surface area contributed by atoms with E-state index >= 15 is 0 Å². The number of nitrogens with one attached hydrogen (secondary N) is 1. The molecule has 2 aliphatic rings. The van der Waals surface area contributed by atoms with Crippen LogP contribution in [-0.4, -0.2) is 37.6 Å². The third-order valence-corrected chi connectivity index (χ3v) is 6.82. The highest BCUT2D eigenvalue weighted by molar-refractivity contribution is 6.30. The van der Waals surface area contributed by atoms with E-state index in [2.05, 4.69) is 15.1 Å². The van der Waals surface area contributed by atoms with Crippen LogP contribution in [0.4, 0.5) is 24.5 Å². The zero-order valence-electron chi connectivity index (χ0n) is 18.1. The zero-order chi connectivity index (χ0) is 23.0. The molecule has 0 saturated carbocycles. The Bertz CT molecular complexity index is 979. The quantitative estimate of drug-likeness (QED) is 0.679. The van der Waals surface area contributed by atoms with Gasteiger partial charge in [0.25, 0.3) is 0 Å². The fraction of sp³-hybridized carbons (Fsp3) is 0.458. The van der Waals surface area contributed by atoms with Gasteiger partial charge in [0, 0.05) is 42.1 Å². The minimum absolute atomic E-state index is 0.00909. The Hall–Kier alpha value is -2.41. The fourth-order valence-corrected chi connectivity index (χ4v) is 4.76. The van der Waals surface area contributed by atoms with E-state index in [1.54, 1.807) is 6.07 Å². The summed E-state index contributed by atoms with van der Waals surface area (Å²) in [7, 11) is 0. The molecule has 0 radical (unpaired) electrons. The highest BCUT2D eigenvalue weighted by Gasteiger charge is 2.43. The van der Waals surface area contributed by atoms with Gasteiger partial charge >= 0.3 is 6.18 Å². The first-order chi connectivity index (χ1) is 15.2. The van der Waals surface area contributed by atoms with Crippen LogP contribution < -0.4 is 15.1 Å². The second-order valence-corrected chi connectivity index (χ2v) is 9.09. The molecule has 0 aromatic heterocycles. The van der Waals surface area contributed by atoms with Gasteiger partial charge in [0.1, 0.15) is 0 Å². The molecule has 3 atom stereocenters. The molecule has 0 aliphatic carbocycles. The van der Waals surface area contributed by atoms with Crippen molar-refractivity contribution in [3.05, 3.63) is 58.6 Å². The molecule has 4 nitrogen and oxygen atoms in total. The summed E-state index contributed by atoms with van der Waals surface area (Å²) >= 11 is 6.03. The summed E-state index contributed by atoms with van der Waals surface area (Å²) in [6.45, 7) is 5.87. The lowest BCUT2D eigenvalue weighted by Crippen LogP contribution is -2.61. The molecule has 1 N–H and O–H groups in total. The summed E-state index contributed by atoms with van der Waals surface area (Å²) in [5.74, 6) is -0.537. The van der Waals surface area contributed by atoms with Crippen molar-refractivity contribution in [3.63, 3.8) is 0 Å². The van der Waals surface area contributed by atoms with Gasteiger partial charge in [-0.25, -0.2) is 0 Å². The SMILES string of the molecule is CC[C@@H](C)NC(=O)[C@H]1Cc2cc(C(F)(F)F)ccc2N2CCN(c3ccc(Cl)cc3)C[C@H]12. The first-order valence-corrected chi connectivity index (χ1v) is 11.3. The van der Waals surface area contributed by atoms with Gasteiger partial charge in [-0.2, -0.15) is 13.2 Å². The average Bonchev–Trinajstić information content (AvgIpc) is 2.77. The third kappa shape index (κ3) is 4.53. The summed E-state index contributed by atoms with van der Waals surface area (Å²) in [5.41, 5.74) is 1.73. The van der Waals surface area contributed by atoms with Crippen molar-refractivity contribution in [1.82, 2.24) is 5.32 Å². The number of carbonyl (C=O) groups is 1. The first kappa shape index (κ1) is 22.8. The van der Waals surface area contributed by atoms with Crippen LogP contribution >= 0.6 is 11.6 Å². The Morgan fingerprint density at radius 1 is 1.19 bits per heavy atom. The topological polar surface area (TPSA) is 35.6 Å². The fourth-order valence-electron chi connectivity index (χ4n) is 4.64. The summed E-state index contributed by atoms with van der Waals surface area (Å²) in [6.07, 6.45) is -3.33. The third-order valence-electron chi connectivity index (χ3n) is 6.57. The van der Waals surface area contributed by atoms with Gasteiger partial charge in [-0.15, -0.1) is 0 Å². The van der Waals surface area contributed by atoms with E-state index in [1.807, 2.05) is 38.1 Å². The Morgan fingerprint density at radius 3 is 2.56 bits per heavy atom. The molecule has 32 heavy (non-hydrogen) atoms. The van der Waals surface area contributed by atoms with Crippen LogP contribution in [-0.2, 0) is 17.4 Å². The number of halogens is 4. The van der Waals surface area contributed by atoms with Crippen LogP contribution in [0.1, 0.15) is 31.4 Å². The molecule has 2 aromatic carbocycles. The van der Waals surface area contributed by atoms with Crippen LogP contribution in [0.15, 0.2) is 42.5 Å². The Labute approximate surface area is 191 Å². The molecule has 2 heterocycles. The predicted octanol–water partition coefficient (Wildman–Crippen LogP) is 5.14. The van der Waals surface area contributed by atoms with Crippen molar-refractivity contribution in [2.45, 2.75) is 44.9 Å². The molecule has 0 unspecified atom stereocenters. The van der Waals surface area contributed by atoms with Gasteiger partial charge in [-0.05, 0) is 67.8 Å². The maximum absolute atomic E-state index is 13.3. The monoisotopic (exact) mass is 465 g/mol. The number of carbonyl (C=O) groups excluding carboxylic acids is 1. The highest BCUT2D eigenvalue weighted by atomic mass is 35.5. The molecule has 4 rings (SSSR count). The van der Waals surface area contributed by atoms with E-state index in [4.69, 9.17) is 11.6 Å². The molecule has 0 spiro atoms. The summed E-state index contributed by atoms with van der Waals surface area (Å²) in [4.78, 5) is 17.5. The number of hydrogen-bond acceptors (Lipinski definition) is 3. The van der Waals surface area contributed by atoms with Gasteiger partial charge in [-0.3, -0.25) is 4.79 Å². The lowest BCUT2D eigenvalue weighted by molar-refractivity contribution is -0.137. The van der Waals surface area contributed by atoms with Crippen molar-refractivity contribution in [3.8, 4) is 0 Å². The minimum atomic E-state index is -4.41. The van der Waals surface area contributed by atoms with Gasteiger partial charge < -0.3 is 15.1 Å². The van der Waals surface area contributed by atoms with Gasteiger partial charge in [0.15, 0.2) is 0 Å². The van der Waals surface area contributed by atoms with Crippen molar-refractivity contribution in [2.75, 3.05) is 29.4 Å². The summed E-state index contributed by atoms with van der Waals surface area (Å²) in [5, 5.41) is 3.70. The van der Waals surface area contributed by atoms with Gasteiger partial charge in [-0.1, -0.05) is 18.5 Å². The number of alkyl halides is 3. The maximum atomic E-state index is 13.3. The Balaban J connectivity index is 1.67. The van der Waals surface area contributed by atoms with Crippen molar-refractivity contribution >= 4 is 28.9 Å². The molecule has 2 aromatic rings. The summed E-state index contributed by atoms with van der Waals surface area (Å²) < 4.78 is 40.0. The van der Waals surface area contributed by atoms with Crippen LogP contribution in [0.5, 0.6) is 0 Å². The zero-order valence-corrected chi connectivity index (χ0v) is 18.9.